The van der Waals surface area contributed by atoms with Crippen molar-refractivity contribution in [2.45, 2.75) is 0 Å². The number of carbonyl (C=O) groups is 1. The summed E-state index contributed by atoms with van der Waals surface area (Å²) in [6, 6.07) is 9.25. The van der Waals surface area contributed by atoms with E-state index in [-0.39, 0.29) is 5.69 Å². The van der Waals surface area contributed by atoms with E-state index in [4.69, 9.17) is 4.74 Å². The third-order valence-electron chi connectivity index (χ3n) is 2.43. The Kier molecular flexibility index (Phi) is 4.51. The van der Waals surface area contributed by atoms with E-state index in [1.807, 2.05) is 0 Å². The molecule has 0 bridgehead atoms. The van der Waals surface area contributed by atoms with Crippen LogP contribution in [0.5, 0.6) is 11.5 Å². The average molecular weight is 401 g/mol. The first-order valence-corrected chi connectivity index (χ1v) is 6.96. The maximum absolute atomic E-state index is 10.7. The predicted octanol–water partition coefficient (Wildman–Crippen LogP) is 4.72. The molecular weight excluding hydrogens is 394 g/mol. The van der Waals surface area contributed by atoms with Gasteiger partial charge < -0.3 is 4.74 Å². The number of hydrogen-bond acceptors (Lipinski definition) is 4. The SMILES string of the molecule is O=Cc1ccc(Oc2c(Br)cc([N+](=O)[O-])cc2Br)cc1. The number of aldehydes is 1. The Bertz CT molecular complexity index is 648. The molecule has 5 nitrogen and oxygen atoms in total. The number of ether oxygens (including phenoxy) is 1. The summed E-state index contributed by atoms with van der Waals surface area (Å²) >= 11 is 6.47. The van der Waals surface area contributed by atoms with Crippen LogP contribution >= 0.6 is 31.9 Å². The van der Waals surface area contributed by atoms with Gasteiger partial charge in [0.05, 0.1) is 13.9 Å². The highest BCUT2D eigenvalue weighted by molar-refractivity contribution is 9.11. The van der Waals surface area contributed by atoms with Crippen molar-refractivity contribution in [2.75, 3.05) is 0 Å². The van der Waals surface area contributed by atoms with Crippen LogP contribution in [0.3, 0.4) is 0 Å². The van der Waals surface area contributed by atoms with Gasteiger partial charge in [-0.25, -0.2) is 0 Å². The fourth-order valence-electron chi connectivity index (χ4n) is 1.48. The molecule has 102 valence electrons. The van der Waals surface area contributed by atoms with Crippen molar-refractivity contribution >= 4 is 43.8 Å². The van der Waals surface area contributed by atoms with Gasteiger partial charge >= 0.3 is 0 Å². The molecule has 0 atom stereocenters. The maximum atomic E-state index is 10.7. The first-order chi connectivity index (χ1) is 9.51. The minimum absolute atomic E-state index is 0.0487. The minimum atomic E-state index is -0.488. The van der Waals surface area contributed by atoms with Crippen molar-refractivity contribution in [3.05, 3.63) is 61.0 Å². The van der Waals surface area contributed by atoms with Gasteiger partial charge in [0.1, 0.15) is 12.0 Å². The van der Waals surface area contributed by atoms with Crippen molar-refractivity contribution in [1.82, 2.24) is 0 Å². The van der Waals surface area contributed by atoms with Crippen LogP contribution in [-0.2, 0) is 0 Å². The van der Waals surface area contributed by atoms with Gasteiger partial charge in [0.2, 0.25) is 0 Å². The summed E-state index contributed by atoms with van der Waals surface area (Å²) in [5.74, 6) is 0.945. The van der Waals surface area contributed by atoms with Gasteiger partial charge in [0.15, 0.2) is 5.75 Å². The van der Waals surface area contributed by atoms with Crippen molar-refractivity contribution in [2.24, 2.45) is 0 Å². The van der Waals surface area contributed by atoms with E-state index >= 15 is 0 Å². The number of hydrogen-bond donors (Lipinski definition) is 0. The first kappa shape index (κ1) is 14.7. The van der Waals surface area contributed by atoms with E-state index in [1.54, 1.807) is 24.3 Å². The Balaban J connectivity index is 2.33. The molecule has 2 aromatic carbocycles. The zero-order chi connectivity index (χ0) is 14.7. The summed E-state index contributed by atoms with van der Waals surface area (Å²) < 4.78 is 6.55. The van der Waals surface area contributed by atoms with Crippen molar-refractivity contribution < 1.29 is 14.5 Å². The highest BCUT2D eigenvalue weighted by atomic mass is 79.9. The van der Waals surface area contributed by atoms with E-state index in [1.165, 1.54) is 12.1 Å². The van der Waals surface area contributed by atoms with Crippen LogP contribution in [0.4, 0.5) is 5.69 Å². The molecule has 0 amide bonds. The number of carbonyl (C=O) groups excluding carboxylic acids is 1. The van der Waals surface area contributed by atoms with Gasteiger partial charge in [0, 0.05) is 17.7 Å². The second-order valence-electron chi connectivity index (χ2n) is 3.78. The molecule has 0 aromatic heterocycles. The van der Waals surface area contributed by atoms with E-state index in [9.17, 15) is 14.9 Å². The number of benzene rings is 2. The largest absolute Gasteiger partial charge is 0.455 e. The molecule has 2 rings (SSSR count). The number of nitro groups is 1. The zero-order valence-electron chi connectivity index (χ0n) is 9.88. The molecule has 2 aromatic rings. The zero-order valence-corrected chi connectivity index (χ0v) is 13.0. The molecular formula is C13H7Br2NO4. The lowest BCUT2D eigenvalue weighted by Crippen LogP contribution is -1.92. The van der Waals surface area contributed by atoms with Gasteiger partial charge in [-0.05, 0) is 56.1 Å². The van der Waals surface area contributed by atoms with Gasteiger partial charge in [0.25, 0.3) is 5.69 Å². The summed E-state index contributed by atoms with van der Waals surface area (Å²) in [5.41, 5.74) is 0.492. The Hall–Kier alpha value is -1.73. The molecule has 0 aliphatic heterocycles. The van der Waals surface area contributed by atoms with Gasteiger partial charge in [-0.2, -0.15) is 0 Å². The quantitative estimate of drug-likeness (QED) is 0.422. The number of rotatable bonds is 4. The number of non-ortho nitro benzene ring substituents is 1. The van der Waals surface area contributed by atoms with Crippen LogP contribution in [0.2, 0.25) is 0 Å². The molecule has 0 aliphatic rings. The van der Waals surface area contributed by atoms with Crippen molar-refractivity contribution in [3.8, 4) is 11.5 Å². The first-order valence-electron chi connectivity index (χ1n) is 5.38. The fourth-order valence-corrected chi connectivity index (χ4v) is 2.81. The maximum Gasteiger partial charge on any atom is 0.271 e. The molecule has 0 spiro atoms. The third kappa shape index (κ3) is 3.23. The fraction of sp³-hybridized carbons (Fsp3) is 0. The highest BCUT2D eigenvalue weighted by Crippen LogP contribution is 2.39. The normalized spacial score (nSPS) is 10.1. The van der Waals surface area contributed by atoms with Crippen molar-refractivity contribution in [3.63, 3.8) is 0 Å². The Morgan fingerprint density at radius 3 is 2.10 bits per heavy atom. The average Bonchev–Trinajstić information content (AvgIpc) is 2.43. The third-order valence-corrected chi connectivity index (χ3v) is 3.61. The van der Waals surface area contributed by atoms with E-state index in [2.05, 4.69) is 31.9 Å². The smallest absolute Gasteiger partial charge is 0.271 e. The minimum Gasteiger partial charge on any atom is -0.455 e. The Labute approximate surface area is 131 Å². The second-order valence-corrected chi connectivity index (χ2v) is 5.49. The molecule has 20 heavy (non-hydrogen) atoms. The van der Waals surface area contributed by atoms with E-state index < -0.39 is 4.92 Å². The number of nitro benzene ring substituents is 1. The van der Waals surface area contributed by atoms with Crippen LogP contribution in [0.1, 0.15) is 10.4 Å². The molecule has 0 fully saturated rings. The molecule has 0 saturated carbocycles. The van der Waals surface area contributed by atoms with Crippen LogP contribution in [0.15, 0.2) is 45.3 Å². The lowest BCUT2D eigenvalue weighted by atomic mass is 10.2. The van der Waals surface area contributed by atoms with Gasteiger partial charge in [-0.1, -0.05) is 0 Å². The Morgan fingerprint density at radius 2 is 1.65 bits per heavy atom. The highest BCUT2D eigenvalue weighted by Gasteiger charge is 2.15. The second kappa shape index (κ2) is 6.15. The summed E-state index contributed by atoms with van der Waals surface area (Å²) in [5, 5.41) is 10.7. The van der Waals surface area contributed by atoms with Crippen molar-refractivity contribution in [1.29, 1.82) is 0 Å². The van der Waals surface area contributed by atoms with E-state index in [0.29, 0.717) is 26.0 Å². The number of nitrogens with zero attached hydrogens (tertiary/aromatic N) is 1. The lowest BCUT2D eigenvalue weighted by molar-refractivity contribution is -0.385. The molecule has 0 radical (unpaired) electrons. The van der Waals surface area contributed by atoms with Crippen LogP contribution in [0.25, 0.3) is 0 Å². The monoisotopic (exact) mass is 399 g/mol. The van der Waals surface area contributed by atoms with Crippen LogP contribution in [-0.4, -0.2) is 11.2 Å². The lowest BCUT2D eigenvalue weighted by Gasteiger charge is -2.09. The Morgan fingerprint density at radius 1 is 1.10 bits per heavy atom. The summed E-state index contributed by atoms with van der Waals surface area (Å²) in [6.45, 7) is 0. The molecule has 0 saturated heterocycles. The summed E-state index contributed by atoms with van der Waals surface area (Å²) in [6.07, 6.45) is 0.738. The molecule has 0 unspecified atom stereocenters. The van der Waals surface area contributed by atoms with E-state index in [0.717, 1.165) is 6.29 Å². The molecule has 0 aliphatic carbocycles. The summed E-state index contributed by atoms with van der Waals surface area (Å²) in [7, 11) is 0. The topological polar surface area (TPSA) is 69.4 Å². The van der Waals surface area contributed by atoms with Gasteiger partial charge in [-0.15, -0.1) is 0 Å². The number of halogens is 2. The molecule has 0 N–H and O–H groups in total. The summed E-state index contributed by atoms with van der Waals surface area (Å²) in [4.78, 5) is 20.8. The predicted molar refractivity (Wildman–Crippen MR) is 80.4 cm³/mol. The van der Waals surface area contributed by atoms with Crippen LogP contribution < -0.4 is 4.74 Å². The van der Waals surface area contributed by atoms with Crippen LogP contribution in [0, 0.1) is 10.1 Å². The molecule has 7 heteroatoms. The van der Waals surface area contributed by atoms with Gasteiger partial charge in [-0.3, -0.25) is 14.9 Å². The standard InChI is InChI=1S/C13H7Br2NO4/c14-11-5-9(16(18)19)6-12(15)13(11)20-10-3-1-8(7-17)2-4-10/h1-7H. The molecule has 0 heterocycles.